The average molecular weight is 310 g/mol. The monoisotopic (exact) mass is 310 g/mol. The molecule has 0 bridgehead atoms. The number of rotatable bonds is 2. The minimum absolute atomic E-state index is 0.00148. The van der Waals surface area contributed by atoms with E-state index in [0.717, 1.165) is 36.9 Å². The Morgan fingerprint density at radius 2 is 2.00 bits per heavy atom. The molecule has 21 heavy (non-hydrogen) atoms. The fourth-order valence-electron chi connectivity index (χ4n) is 2.96. The lowest BCUT2D eigenvalue weighted by atomic mass is 9.94. The Bertz CT molecular complexity index is 687. The second-order valence-electron chi connectivity index (χ2n) is 5.64. The molecule has 3 rings (SSSR count). The van der Waals surface area contributed by atoms with Gasteiger partial charge in [-0.1, -0.05) is 0 Å². The molecule has 3 N–H and O–H groups in total. The van der Waals surface area contributed by atoms with Crippen LogP contribution in [0.2, 0.25) is 0 Å². The normalized spacial score (nSPS) is 23.5. The second kappa shape index (κ2) is 5.25. The number of aryl methyl sites for hydroxylation is 1. The summed E-state index contributed by atoms with van der Waals surface area (Å²) in [5, 5.41) is 2.76. The van der Waals surface area contributed by atoms with Gasteiger partial charge in [0.05, 0.1) is 11.5 Å². The number of amides is 1. The van der Waals surface area contributed by atoms with E-state index in [1.807, 2.05) is 0 Å². The lowest BCUT2D eigenvalue weighted by molar-refractivity contribution is 0.0934. The quantitative estimate of drug-likeness (QED) is 0.785. The van der Waals surface area contributed by atoms with Gasteiger partial charge in [-0.3, -0.25) is 4.79 Å². The maximum Gasteiger partial charge on any atom is 0.270 e. The first-order valence-electron chi connectivity index (χ1n) is 7.11. The number of nitrogen functional groups attached to an aromatic ring is 1. The van der Waals surface area contributed by atoms with Crippen LogP contribution in [0.4, 0.5) is 5.95 Å². The number of sulfone groups is 1. The SMILES string of the molecule is Nc1nc2c(c(C(=O)N[C@@H]3CCS(=O)(=O)C3)n1)CCCC2. The van der Waals surface area contributed by atoms with Crippen molar-refractivity contribution in [2.24, 2.45) is 0 Å². The Morgan fingerprint density at radius 1 is 1.24 bits per heavy atom. The molecule has 1 amide bonds. The Balaban J connectivity index is 1.83. The van der Waals surface area contributed by atoms with Crippen LogP contribution in [0.15, 0.2) is 0 Å². The molecule has 1 aromatic rings. The third-order valence-corrected chi connectivity index (χ3v) is 5.75. The van der Waals surface area contributed by atoms with Gasteiger partial charge >= 0.3 is 0 Å². The maximum atomic E-state index is 12.4. The van der Waals surface area contributed by atoms with Crippen LogP contribution in [-0.4, -0.2) is 41.8 Å². The predicted molar refractivity (Wildman–Crippen MR) is 77.6 cm³/mol. The van der Waals surface area contributed by atoms with Crippen LogP contribution in [0.1, 0.15) is 41.0 Å². The first-order valence-corrected chi connectivity index (χ1v) is 8.93. The van der Waals surface area contributed by atoms with E-state index >= 15 is 0 Å². The summed E-state index contributed by atoms with van der Waals surface area (Å²) in [4.78, 5) is 20.7. The molecule has 0 saturated carbocycles. The molecule has 1 aliphatic carbocycles. The van der Waals surface area contributed by atoms with E-state index in [-0.39, 0.29) is 29.4 Å². The smallest absolute Gasteiger partial charge is 0.270 e. The van der Waals surface area contributed by atoms with Crippen LogP contribution < -0.4 is 11.1 Å². The highest BCUT2D eigenvalue weighted by Crippen LogP contribution is 2.23. The number of nitrogens with one attached hydrogen (secondary N) is 1. The van der Waals surface area contributed by atoms with E-state index in [4.69, 9.17) is 5.73 Å². The number of nitrogens with zero attached hydrogens (tertiary/aromatic N) is 2. The molecule has 0 radical (unpaired) electrons. The highest BCUT2D eigenvalue weighted by molar-refractivity contribution is 7.91. The zero-order valence-electron chi connectivity index (χ0n) is 11.6. The van der Waals surface area contributed by atoms with E-state index in [9.17, 15) is 13.2 Å². The molecular formula is C13H18N4O3S. The third kappa shape index (κ3) is 2.99. The lowest BCUT2D eigenvalue weighted by Gasteiger charge is -2.19. The molecule has 1 saturated heterocycles. The van der Waals surface area contributed by atoms with Gasteiger partial charge in [0, 0.05) is 17.3 Å². The average Bonchev–Trinajstić information content (AvgIpc) is 2.76. The van der Waals surface area contributed by atoms with E-state index < -0.39 is 9.84 Å². The third-order valence-electron chi connectivity index (χ3n) is 3.98. The minimum Gasteiger partial charge on any atom is -0.368 e. The van der Waals surface area contributed by atoms with E-state index in [1.165, 1.54) is 0 Å². The standard InChI is InChI=1S/C13H18N4O3S/c14-13-16-10-4-2-1-3-9(10)11(17-13)12(18)15-8-5-6-21(19,20)7-8/h8H,1-7H2,(H,15,18)(H2,14,16,17)/t8-/m1/s1. The predicted octanol–water partition coefficient (Wildman–Crippen LogP) is -0.146. The van der Waals surface area contributed by atoms with E-state index in [0.29, 0.717) is 12.1 Å². The van der Waals surface area contributed by atoms with Crippen LogP contribution in [0.3, 0.4) is 0 Å². The van der Waals surface area contributed by atoms with Gasteiger partial charge in [-0.2, -0.15) is 0 Å². The Hall–Kier alpha value is -1.70. The van der Waals surface area contributed by atoms with Crippen molar-refractivity contribution < 1.29 is 13.2 Å². The Kier molecular flexibility index (Phi) is 3.56. The number of aromatic nitrogens is 2. The first-order chi connectivity index (χ1) is 9.94. The van der Waals surface area contributed by atoms with Crippen LogP contribution >= 0.6 is 0 Å². The largest absolute Gasteiger partial charge is 0.368 e. The summed E-state index contributed by atoms with van der Waals surface area (Å²) in [7, 11) is -3.02. The number of carbonyl (C=O) groups excluding carboxylic acids is 1. The molecule has 2 heterocycles. The zero-order valence-corrected chi connectivity index (χ0v) is 12.4. The molecule has 2 aliphatic rings. The van der Waals surface area contributed by atoms with Gasteiger partial charge in [-0.15, -0.1) is 0 Å². The number of hydrogen-bond donors (Lipinski definition) is 2. The van der Waals surface area contributed by atoms with Crippen molar-refractivity contribution in [3.8, 4) is 0 Å². The van der Waals surface area contributed by atoms with Crippen LogP contribution in [0, 0.1) is 0 Å². The molecule has 1 fully saturated rings. The second-order valence-corrected chi connectivity index (χ2v) is 7.86. The van der Waals surface area contributed by atoms with Gasteiger partial charge in [0.1, 0.15) is 5.69 Å². The van der Waals surface area contributed by atoms with Crippen molar-refractivity contribution in [1.82, 2.24) is 15.3 Å². The van der Waals surface area contributed by atoms with Gasteiger partial charge in [0.2, 0.25) is 5.95 Å². The highest BCUT2D eigenvalue weighted by Gasteiger charge is 2.30. The number of nitrogens with two attached hydrogens (primary N) is 1. The van der Waals surface area contributed by atoms with Crippen LogP contribution in [-0.2, 0) is 22.7 Å². The maximum absolute atomic E-state index is 12.4. The molecule has 8 heteroatoms. The molecule has 0 aromatic carbocycles. The summed E-state index contributed by atoms with van der Waals surface area (Å²) < 4.78 is 22.9. The first kappa shape index (κ1) is 14.2. The van der Waals surface area contributed by atoms with Crippen molar-refractivity contribution in [2.75, 3.05) is 17.2 Å². The van der Waals surface area contributed by atoms with E-state index in [1.54, 1.807) is 0 Å². The van der Waals surface area contributed by atoms with Gasteiger partial charge < -0.3 is 11.1 Å². The molecule has 1 aliphatic heterocycles. The summed E-state index contributed by atoms with van der Waals surface area (Å²) in [6, 6.07) is -0.335. The van der Waals surface area contributed by atoms with Gasteiger partial charge in [0.25, 0.3) is 5.91 Å². The zero-order chi connectivity index (χ0) is 15.0. The van der Waals surface area contributed by atoms with Crippen molar-refractivity contribution in [3.05, 3.63) is 17.0 Å². The Labute approximate surface area is 123 Å². The summed E-state index contributed by atoms with van der Waals surface area (Å²) in [6.07, 6.45) is 4.06. The number of carbonyl (C=O) groups is 1. The Morgan fingerprint density at radius 3 is 2.71 bits per heavy atom. The van der Waals surface area contributed by atoms with Gasteiger partial charge in [0.15, 0.2) is 9.84 Å². The summed E-state index contributed by atoms with van der Waals surface area (Å²) in [6.45, 7) is 0. The number of hydrogen-bond acceptors (Lipinski definition) is 6. The minimum atomic E-state index is -3.02. The summed E-state index contributed by atoms with van der Waals surface area (Å²) in [5.74, 6) is -0.118. The molecule has 7 nitrogen and oxygen atoms in total. The van der Waals surface area contributed by atoms with Gasteiger partial charge in [-0.25, -0.2) is 18.4 Å². The van der Waals surface area contributed by atoms with Crippen LogP contribution in [0.25, 0.3) is 0 Å². The van der Waals surface area contributed by atoms with Crippen molar-refractivity contribution in [3.63, 3.8) is 0 Å². The summed E-state index contributed by atoms with van der Waals surface area (Å²) in [5.41, 5.74) is 7.68. The molecule has 0 spiro atoms. The van der Waals surface area contributed by atoms with Gasteiger partial charge in [-0.05, 0) is 32.1 Å². The molecule has 114 valence electrons. The van der Waals surface area contributed by atoms with Crippen molar-refractivity contribution in [1.29, 1.82) is 0 Å². The summed E-state index contributed by atoms with van der Waals surface area (Å²) >= 11 is 0. The highest BCUT2D eigenvalue weighted by atomic mass is 32.2. The molecule has 0 unspecified atom stereocenters. The number of fused-ring (bicyclic) bond motifs is 1. The fourth-order valence-corrected chi connectivity index (χ4v) is 4.64. The fraction of sp³-hybridized carbons (Fsp3) is 0.615. The topological polar surface area (TPSA) is 115 Å². The van der Waals surface area contributed by atoms with Crippen molar-refractivity contribution in [2.45, 2.75) is 38.1 Å². The molecular weight excluding hydrogens is 292 g/mol. The molecule has 1 aromatic heterocycles. The lowest BCUT2D eigenvalue weighted by Crippen LogP contribution is -2.37. The van der Waals surface area contributed by atoms with Crippen LogP contribution in [0.5, 0.6) is 0 Å². The van der Waals surface area contributed by atoms with Crippen molar-refractivity contribution >= 4 is 21.7 Å². The molecule has 1 atom stereocenters. The number of anilines is 1. The van der Waals surface area contributed by atoms with E-state index in [2.05, 4.69) is 15.3 Å².